The minimum Gasteiger partial charge on any atom is -0.302 e. The normalized spacial score (nSPS) is 20.5. The number of aryl methyl sites for hydroxylation is 1. The zero-order valence-corrected chi connectivity index (χ0v) is 17.4. The van der Waals surface area contributed by atoms with Crippen LogP contribution in [0.15, 0.2) is 36.5 Å². The van der Waals surface area contributed by atoms with Gasteiger partial charge < -0.3 is 5.32 Å². The Kier molecular flexibility index (Phi) is 5.76. The van der Waals surface area contributed by atoms with Crippen LogP contribution in [0.4, 0.5) is 9.52 Å². The SMILES string of the molecule is Cc1ccc(Cc2cnc(NC(=O)CCN3C(=O)[C@H]4CC=CC[C@@H]4C3=O)s2)cc1F. The van der Waals surface area contributed by atoms with E-state index >= 15 is 0 Å². The second-order valence-corrected chi connectivity index (χ2v) is 8.79. The topological polar surface area (TPSA) is 79.4 Å². The second-order valence-electron chi connectivity index (χ2n) is 7.67. The molecule has 0 saturated carbocycles. The van der Waals surface area contributed by atoms with E-state index in [9.17, 15) is 18.8 Å². The van der Waals surface area contributed by atoms with E-state index in [4.69, 9.17) is 0 Å². The highest BCUT2D eigenvalue weighted by atomic mass is 32.1. The summed E-state index contributed by atoms with van der Waals surface area (Å²) in [5.41, 5.74) is 1.43. The summed E-state index contributed by atoms with van der Waals surface area (Å²) in [5, 5.41) is 3.16. The number of thiazole rings is 1. The molecule has 8 heteroatoms. The largest absolute Gasteiger partial charge is 0.302 e. The molecule has 1 saturated heterocycles. The molecule has 4 rings (SSSR count). The number of hydrogen-bond donors (Lipinski definition) is 1. The quantitative estimate of drug-likeness (QED) is 0.566. The van der Waals surface area contributed by atoms with Crippen molar-refractivity contribution in [2.24, 2.45) is 11.8 Å². The molecule has 0 spiro atoms. The Balaban J connectivity index is 1.30. The number of nitrogens with one attached hydrogen (secondary N) is 1. The lowest BCUT2D eigenvalue weighted by molar-refractivity contribution is -0.140. The molecule has 1 aliphatic heterocycles. The highest BCUT2D eigenvalue weighted by Gasteiger charge is 2.46. The number of imide groups is 1. The molecule has 1 fully saturated rings. The number of benzene rings is 1. The third kappa shape index (κ3) is 4.18. The Morgan fingerprint density at radius 3 is 2.60 bits per heavy atom. The number of nitrogens with zero attached hydrogens (tertiary/aromatic N) is 2. The second kappa shape index (κ2) is 8.47. The maximum absolute atomic E-state index is 13.7. The summed E-state index contributed by atoms with van der Waals surface area (Å²) in [6.45, 7) is 1.80. The van der Waals surface area contributed by atoms with Gasteiger partial charge in [-0.3, -0.25) is 19.3 Å². The van der Waals surface area contributed by atoms with Gasteiger partial charge >= 0.3 is 0 Å². The molecule has 30 heavy (non-hydrogen) atoms. The van der Waals surface area contributed by atoms with E-state index in [1.807, 2.05) is 18.2 Å². The van der Waals surface area contributed by atoms with Crippen LogP contribution in [-0.2, 0) is 20.8 Å². The molecule has 1 aromatic heterocycles. The maximum Gasteiger partial charge on any atom is 0.233 e. The molecule has 0 bridgehead atoms. The van der Waals surface area contributed by atoms with Crippen LogP contribution in [0.3, 0.4) is 0 Å². The lowest BCUT2D eigenvalue weighted by Gasteiger charge is -2.14. The van der Waals surface area contributed by atoms with E-state index in [2.05, 4.69) is 10.3 Å². The van der Waals surface area contributed by atoms with Gasteiger partial charge in [-0.15, -0.1) is 11.3 Å². The van der Waals surface area contributed by atoms with E-state index in [0.29, 0.717) is 30.0 Å². The molecule has 156 valence electrons. The molecule has 6 nitrogen and oxygen atoms in total. The van der Waals surface area contributed by atoms with Gasteiger partial charge in [-0.2, -0.15) is 0 Å². The van der Waals surface area contributed by atoms with Crippen molar-refractivity contribution in [3.63, 3.8) is 0 Å². The van der Waals surface area contributed by atoms with Crippen LogP contribution in [0.5, 0.6) is 0 Å². The average molecular weight is 428 g/mol. The first-order valence-electron chi connectivity index (χ1n) is 9.92. The van der Waals surface area contributed by atoms with Gasteiger partial charge in [0.1, 0.15) is 5.82 Å². The van der Waals surface area contributed by atoms with Crippen LogP contribution in [0.1, 0.15) is 35.3 Å². The molecule has 0 radical (unpaired) electrons. The van der Waals surface area contributed by atoms with Gasteiger partial charge in [0, 0.05) is 30.5 Å². The number of hydrogen-bond acceptors (Lipinski definition) is 5. The summed E-state index contributed by atoms with van der Waals surface area (Å²) in [5.74, 6) is -1.46. The van der Waals surface area contributed by atoms with Crippen LogP contribution in [0, 0.1) is 24.6 Å². The fraction of sp³-hybridized carbons (Fsp3) is 0.364. The van der Waals surface area contributed by atoms with E-state index in [0.717, 1.165) is 10.4 Å². The van der Waals surface area contributed by atoms with Gasteiger partial charge in [0.05, 0.1) is 11.8 Å². The molecular weight excluding hydrogens is 405 g/mol. The van der Waals surface area contributed by atoms with E-state index in [-0.39, 0.29) is 48.3 Å². The highest BCUT2D eigenvalue weighted by Crippen LogP contribution is 2.35. The monoisotopic (exact) mass is 427 g/mol. The van der Waals surface area contributed by atoms with Crippen molar-refractivity contribution < 1.29 is 18.8 Å². The van der Waals surface area contributed by atoms with Gasteiger partial charge in [-0.05, 0) is 37.0 Å². The molecule has 0 unspecified atom stereocenters. The molecular formula is C22H22FN3O3S. The smallest absolute Gasteiger partial charge is 0.233 e. The van der Waals surface area contributed by atoms with E-state index in [1.165, 1.54) is 22.3 Å². The molecule has 1 aliphatic carbocycles. The van der Waals surface area contributed by atoms with Gasteiger partial charge in [0.25, 0.3) is 0 Å². The summed E-state index contributed by atoms with van der Waals surface area (Å²) in [7, 11) is 0. The van der Waals surface area contributed by atoms with Crippen LogP contribution >= 0.6 is 11.3 Å². The van der Waals surface area contributed by atoms with Crippen LogP contribution in [0.2, 0.25) is 0 Å². The molecule has 1 N–H and O–H groups in total. The molecule has 2 heterocycles. The number of allylic oxidation sites excluding steroid dienone is 2. The number of fused-ring (bicyclic) bond motifs is 1. The lowest BCUT2D eigenvalue weighted by atomic mass is 9.85. The fourth-order valence-corrected chi connectivity index (χ4v) is 4.74. The number of carbonyl (C=O) groups is 3. The molecule has 1 aromatic carbocycles. The molecule has 3 amide bonds. The summed E-state index contributed by atoms with van der Waals surface area (Å²) in [4.78, 5) is 43.5. The summed E-state index contributed by atoms with van der Waals surface area (Å²) < 4.78 is 13.7. The van der Waals surface area contributed by atoms with Crippen LogP contribution in [0.25, 0.3) is 0 Å². The van der Waals surface area contributed by atoms with Crippen LogP contribution < -0.4 is 5.32 Å². The predicted molar refractivity (Wildman–Crippen MR) is 111 cm³/mol. The Hall–Kier alpha value is -2.87. The first-order chi connectivity index (χ1) is 14.4. The summed E-state index contributed by atoms with van der Waals surface area (Å²) in [6.07, 6.45) is 7.26. The highest BCUT2D eigenvalue weighted by molar-refractivity contribution is 7.15. The zero-order chi connectivity index (χ0) is 21.3. The maximum atomic E-state index is 13.7. The van der Waals surface area contributed by atoms with Crippen molar-refractivity contribution in [2.45, 2.75) is 32.6 Å². The number of anilines is 1. The Morgan fingerprint density at radius 1 is 1.23 bits per heavy atom. The van der Waals surface area contributed by atoms with Crippen LogP contribution in [-0.4, -0.2) is 34.2 Å². The number of likely N-dealkylation sites (tertiary alicyclic amines) is 1. The Bertz CT molecular complexity index is 1010. The minimum atomic E-state index is -0.300. The third-order valence-corrected chi connectivity index (χ3v) is 6.49. The number of halogens is 1. The number of rotatable bonds is 6. The van der Waals surface area contributed by atoms with Crippen molar-refractivity contribution in [1.82, 2.24) is 9.88 Å². The molecule has 2 aliphatic rings. The van der Waals surface area contributed by atoms with Gasteiger partial charge in [-0.25, -0.2) is 9.37 Å². The number of aromatic nitrogens is 1. The summed E-state index contributed by atoms with van der Waals surface area (Å²) >= 11 is 1.32. The number of carbonyl (C=O) groups excluding carboxylic acids is 3. The van der Waals surface area contributed by atoms with Crippen molar-refractivity contribution in [2.75, 3.05) is 11.9 Å². The van der Waals surface area contributed by atoms with Crippen molar-refractivity contribution in [3.05, 3.63) is 58.4 Å². The van der Waals surface area contributed by atoms with Gasteiger partial charge in [0.15, 0.2) is 5.13 Å². The lowest BCUT2D eigenvalue weighted by Crippen LogP contribution is -2.34. The van der Waals surface area contributed by atoms with E-state index < -0.39 is 0 Å². The van der Waals surface area contributed by atoms with E-state index in [1.54, 1.807) is 19.2 Å². The predicted octanol–water partition coefficient (Wildman–Crippen LogP) is 3.46. The standard InChI is InChI=1S/C22H22FN3O3S/c1-13-6-7-14(11-18(13)23)10-15-12-24-22(30-15)25-19(27)8-9-26-20(28)16-4-2-3-5-17(16)21(26)29/h2-3,6-7,11-12,16-17H,4-5,8-10H2,1H3,(H,24,25,27)/t16-,17-/m0/s1. The molecule has 2 aromatic rings. The zero-order valence-electron chi connectivity index (χ0n) is 16.6. The Morgan fingerprint density at radius 2 is 1.93 bits per heavy atom. The minimum absolute atomic E-state index is 0.0302. The van der Waals surface area contributed by atoms with Crippen molar-refractivity contribution in [1.29, 1.82) is 0 Å². The van der Waals surface area contributed by atoms with Gasteiger partial charge in [0.2, 0.25) is 17.7 Å². The van der Waals surface area contributed by atoms with Crippen molar-refractivity contribution in [3.8, 4) is 0 Å². The first-order valence-corrected chi connectivity index (χ1v) is 10.7. The number of amides is 3. The molecule has 2 atom stereocenters. The first kappa shape index (κ1) is 20.4. The van der Waals surface area contributed by atoms with Crippen molar-refractivity contribution >= 4 is 34.2 Å². The third-order valence-electron chi connectivity index (χ3n) is 5.58. The Labute approximate surface area is 177 Å². The fourth-order valence-electron chi connectivity index (χ4n) is 3.88. The average Bonchev–Trinajstić information content (AvgIpc) is 3.26. The summed E-state index contributed by atoms with van der Waals surface area (Å²) in [6, 6.07) is 5.11. The van der Waals surface area contributed by atoms with Gasteiger partial charge in [-0.1, -0.05) is 24.3 Å².